The van der Waals surface area contributed by atoms with E-state index < -0.39 is 0 Å². The molecule has 4 nitrogen and oxygen atoms in total. The molecule has 1 amide bonds. The fraction of sp³-hybridized carbons (Fsp3) is 0.286. The van der Waals surface area contributed by atoms with Crippen LogP contribution in [0.25, 0.3) is 10.2 Å². The first-order valence-electron chi connectivity index (χ1n) is 11.6. The van der Waals surface area contributed by atoms with Crippen molar-refractivity contribution in [3.63, 3.8) is 0 Å². The number of anilines is 1. The van der Waals surface area contributed by atoms with Gasteiger partial charge in [0.05, 0.1) is 10.2 Å². The third kappa shape index (κ3) is 5.99. The molecule has 33 heavy (non-hydrogen) atoms. The second-order valence-electron chi connectivity index (χ2n) is 8.37. The van der Waals surface area contributed by atoms with Gasteiger partial charge in [-0.15, -0.1) is 0 Å². The molecule has 0 N–H and O–H groups in total. The summed E-state index contributed by atoms with van der Waals surface area (Å²) in [4.78, 5) is 20.1. The van der Waals surface area contributed by atoms with Gasteiger partial charge in [-0.2, -0.15) is 0 Å². The maximum Gasteiger partial charge on any atom is 0.260 e. The molecule has 0 saturated carbocycles. The molecule has 0 radical (unpaired) electrons. The number of fused-ring (bicyclic) bond motifs is 1. The Bertz CT molecular complexity index is 1140. The van der Waals surface area contributed by atoms with E-state index in [0.717, 1.165) is 33.9 Å². The van der Waals surface area contributed by atoms with E-state index in [1.54, 1.807) is 11.3 Å². The second-order valence-corrected chi connectivity index (χ2v) is 9.38. The van der Waals surface area contributed by atoms with E-state index in [2.05, 4.69) is 19.9 Å². The fourth-order valence-corrected chi connectivity index (χ4v) is 4.66. The van der Waals surface area contributed by atoms with Crippen molar-refractivity contribution in [1.29, 1.82) is 0 Å². The van der Waals surface area contributed by atoms with Crippen LogP contribution in [0.2, 0.25) is 0 Å². The van der Waals surface area contributed by atoms with Gasteiger partial charge in [0.25, 0.3) is 5.91 Å². The van der Waals surface area contributed by atoms with E-state index in [1.807, 2.05) is 77.7 Å². The first-order valence-corrected chi connectivity index (χ1v) is 12.5. The van der Waals surface area contributed by atoms with Gasteiger partial charge in [-0.1, -0.05) is 74.8 Å². The number of ether oxygens (including phenoxy) is 1. The summed E-state index contributed by atoms with van der Waals surface area (Å²) in [6.45, 7) is 5.18. The SMILES string of the molecule is CC[C@@H](C)CCCCN(C(=O)c1ccc(Oc2ccccc2)cc1)c1nc2ccccc2s1. The lowest BCUT2D eigenvalue weighted by Crippen LogP contribution is -2.31. The number of amides is 1. The predicted octanol–water partition coefficient (Wildman–Crippen LogP) is 7.95. The van der Waals surface area contributed by atoms with Crippen molar-refractivity contribution in [2.45, 2.75) is 39.5 Å². The van der Waals surface area contributed by atoms with Gasteiger partial charge in [-0.3, -0.25) is 9.69 Å². The van der Waals surface area contributed by atoms with Gasteiger partial charge in [-0.05, 0) is 60.9 Å². The zero-order valence-corrected chi connectivity index (χ0v) is 20.1. The van der Waals surface area contributed by atoms with E-state index in [1.165, 1.54) is 12.8 Å². The van der Waals surface area contributed by atoms with Gasteiger partial charge >= 0.3 is 0 Å². The molecule has 0 aliphatic carbocycles. The highest BCUT2D eigenvalue weighted by Crippen LogP contribution is 2.30. The van der Waals surface area contributed by atoms with Crippen molar-refractivity contribution in [3.8, 4) is 11.5 Å². The van der Waals surface area contributed by atoms with Crippen LogP contribution in [0.3, 0.4) is 0 Å². The number of carbonyl (C=O) groups is 1. The number of carbonyl (C=O) groups excluding carboxylic acids is 1. The lowest BCUT2D eigenvalue weighted by Gasteiger charge is -2.20. The highest BCUT2D eigenvalue weighted by atomic mass is 32.1. The Kier molecular flexibility index (Phi) is 7.74. The number of para-hydroxylation sites is 2. The summed E-state index contributed by atoms with van der Waals surface area (Å²) in [7, 11) is 0. The Morgan fingerprint density at radius 3 is 2.36 bits per heavy atom. The molecule has 0 fully saturated rings. The number of rotatable bonds is 10. The van der Waals surface area contributed by atoms with E-state index in [9.17, 15) is 4.79 Å². The molecule has 1 atom stereocenters. The number of nitrogens with zero attached hydrogens (tertiary/aromatic N) is 2. The average molecular weight is 459 g/mol. The quantitative estimate of drug-likeness (QED) is 0.226. The number of benzene rings is 3. The molecule has 5 heteroatoms. The first-order chi connectivity index (χ1) is 16.1. The molecule has 0 aliphatic rings. The average Bonchev–Trinajstić information content (AvgIpc) is 3.28. The summed E-state index contributed by atoms with van der Waals surface area (Å²) >= 11 is 1.57. The maximum absolute atomic E-state index is 13.5. The standard InChI is InChI=1S/C28H30N2O2S/c1-3-21(2)11-9-10-20-30(28-29-25-14-7-8-15-26(25)33-28)27(31)22-16-18-24(19-17-22)32-23-12-5-4-6-13-23/h4-8,12-19,21H,3,9-11,20H2,1-2H3/t21-/m1/s1. The number of unbranched alkanes of at least 4 members (excludes halogenated alkanes) is 1. The van der Waals surface area contributed by atoms with Crippen molar-refractivity contribution in [3.05, 3.63) is 84.4 Å². The van der Waals surface area contributed by atoms with Crippen molar-refractivity contribution in [2.75, 3.05) is 11.4 Å². The third-order valence-electron chi connectivity index (χ3n) is 5.86. The third-order valence-corrected chi connectivity index (χ3v) is 6.92. The lowest BCUT2D eigenvalue weighted by atomic mass is 10.0. The molecular weight excluding hydrogens is 428 g/mol. The van der Waals surface area contributed by atoms with Crippen LogP contribution in [0.5, 0.6) is 11.5 Å². The van der Waals surface area contributed by atoms with Crippen LogP contribution in [0, 0.1) is 5.92 Å². The van der Waals surface area contributed by atoms with Crippen molar-refractivity contribution in [2.24, 2.45) is 5.92 Å². The molecule has 4 aromatic rings. The van der Waals surface area contributed by atoms with Crippen LogP contribution < -0.4 is 9.64 Å². The summed E-state index contributed by atoms with van der Waals surface area (Å²) < 4.78 is 6.97. The minimum absolute atomic E-state index is 0.0242. The summed E-state index contributed by atoms with van der Waals surface area (Å²) in [5.41, 5.74) is 1.57. The topological polar surface area (TPSA) is 42.4 Å². The van der Waals surface area contributed by atoms with E-state index >= 15 is 0 Å². The van der Waals surface area contributed by atoms with Gasteiger partial charge in [0.1, 0.15) is 11.5 Å². The summed E-state index contributed by atoms with van der Waals surface area (Å²) in [5.74, 6) is 2.17. The largest absolute Gasteiger partial charge is 0.457 e. The highest BCUT2D eigenvalue weighted by Gasteiger charge is 2.21. The van der Waals surface area contributed by atoms with E-state index in [4.69, 9.17) is 9.72 Å². The highest BCUT2D eigenvalue weighted by molar-refractivity contribution is 7.22. The molecule has 1 heterocycles. The summed E-state index contributed by atoms with van der Waals surface area (Å²) in [6, 6.07) is 25.0. The van der Waals surface area contributed by atoms with Crippen LogP contribution in [0.4, 0.5) is 5.13 Å². The molecule has 0 saturated heterocycles. The normalized spacial score (nSPS) is 11.9. The van der Waals surface area contributed by atoms with Crippen LogP contribution >= 0.6 is 11.3 Å². The smallest absolute Gasteiger partial charge is 0.260 e. The number of hydrogen-bond donors (Lipinski definition) is 0. The van der Waals surface area contributed by atoms with Crippen molar-refractivity contribution in [1.82, 2.24) is 4.98 Å². The van der Waals surface area contributed by atoms with Crippen LogP contribution in [-0.2, 0) is 0 Å². The fourth-order valence-electron chi connectivity index (χ4n) is 3.67. The molecule has 0 aliphatic heterocycles. The second kappa shape index (κ2) is 11.1. The zero-order valence-electron chi connectivity index (χ0n) is 19.2. The monoisotopic (exact) mass is 458 g/mol. The van der Waals surface area contributed by atoms with E-state index in [0.29, 0.717) is 23.8 Å². The Hall–Kier alpha value is -3.18. The molecule has 170 valence electrons. The molecular formula is C28H30N2O2S. The molecule has 0 bridgehead atoms. The molecule has 1 aromatic heterocycles. The van der Waals surface area contributed by atoms with Crippen molar-refractivity contribution < 1.29 is 9.53 Å². The molecule has 3 aromatic carbocycles. The number of hydrogen-bond acceptors (Lipinski definition) is 4. The summed E-state index contributed by atoms with van der Waals surface area (Å²) in [6.07, 6.45) is 4.44. The van der Waals surface area contributed by atoms with Gasteiger partial charge < -0.3 is 4.74 Å². The van der Waals surface area contributed by atoms with Crippen LogP contribution in [0.1, 0.15) is 49.9 Å². The van der Waals surface area contributed by atoms with Crippen molar-refractivity contribution >= 4 is 32.6 Å². The first kappa shape index (κ1) is 23.0. The number of aromatic nitrogens is 1. The molecule has 0 spiro atoms. The Morgan fingerprint density at radius 1 is 0.939 bits per heavy atom. The number of thiazole rings is 1. The van der Waals surface area contributed by atoms with Gasteiger partial charge in [0, 0.05) is 12.1 Å². The Labute approximate surface area is 199 Å². The molecule has 0 unspecified atom stereocenters. The summed E-state index contributed by atoms with van der Waals surface area (Å²) in [5, 5.41) is 0.759. The van der Waals surface area contributed by atoms with Crippen LogP contribution in [-0.4, -0.2) is 17.4 Å². The minimum atomic E-state index is -0.0242. The van der Waals surface area contributed by atoms with E-state index in [-0.39, 0.29) is 5.91 Å². The van der Waals surface area contributed by atoms with Crippen LogP contribution in [0.15, 0.2) is 78.9 Å². The maximum atomic E-state index is 13.5. The lowest BCUT2D eigenvalue weighted by molar-refractivity contribution is 0.0986. The molecule has 4 rings (SSSR count). The Morgan fingerprint density at radius 2 is 1.64 bits per heavy atom. The van der Waals surface area contributed by atoms with Gasteiger partial charge in [-0.25, -0.2) is 4.98 Å². The minimum Gasteiger partial charge on any atom is -0.457 e. The zero-order chi connectivity index (χ0) is 23.0. The Balaban J connectivity index is 1.51. The predicted molar refractivity (Wildman–Crippen MR) is 138 cm³/mol. The van der Waals surface area contributed by atoms with Gasteiger partial charge in [0.15, 0.2) is 5.13 Å². The van der Waals surface area contributed by atoms with Gasteiger partial charge in [0.2, 0.25) is 0 Å².